The number of hydrogen-bond acceptors (Lipinski definition) is 6. The first-order chi connectivity index (χ1) is 11.7. The fourth-order valence-corrected chi connectivity index (χ4v) is 2.72. The number of thioether (sulfide) groups is 1. The van der Waals surface area contributed by atoms with E-state index in [0.29, 0.717) is 6.54 Å². The largest absolute Gasteiger partial charge is 0.417 e. The third-order valence-corrected chi connectivity index (χ3v) is 3.94. The van der Waals surface area contributed by atoms with Gasteiger partial charge in [-0.25, -0.2) is 4.98 Å². The van der Waals surface area contributed by atoms with Crippen LogP contribution < -0.4 is 10.00 Å². The Balaban J connectivity index is 2.13. The van der Waals surface area contributed by atoms with Crippen LogP contribution in [-0.4, -0.2) is 21.9 Å². The molecule has 2 aromatic heterocycles. The zero-order valence-electron chi connectivity index (χ0n) is 13.2. The second kappa shape index (κ2) is 7.52. The molecule has 0 aliphatic heterocycles. The lowest BCUT2D eigenvalue weighted by Gasteiger charge is -2.12. The number of halogens is 3. The van der Waals surface area contributed by atoms with Gasteiger partial charge in [0.2, 0.25) is 11.2 Å². The summed E-state index contributed by atoms with van der Waals surface area (Å²) >= 11 is 0.741. The number of rotatable bonds is 5. The summed E-state index contributed by atoms with van der Waals surface area (Å²) in [7, 11) is 0. The minimum absolute atomic E-state index is 0.105. The number of hydrogen-bond donors (Lipinski definition) is 1. The van der Waals surface area contributed by atoms with Crippen LogP contribution in [-0.2, 0) is 17.5 Å². The zero-order chi connectivity index (χ0) is 18.6. The second-order valence-electron chi connectivity index (χ2n) is 4.86. The van der Waals surface area contributed by atoms with Gasteiger partial charge in [-0.15, -0.1) is 0 Å². The van der Waals surface area contributed by atoms with Gasteiger partial charge in [-0.05, 0) is 19.9 Å². The number of nitrogens with zero attached hydrogens (tertiary/aromatic N) is 4. The summed E-state index contributed by atoms with van der Waals surface area (Å²) in [6.07, 6.45) is -3.21. The number of carbonyl (C=O) groups is 1. The summed E-state index contributed by atoms with van der Waals surface area (Å²) in [6.45, 7) is 3.76. The molecule has 7 nitrogen and oxygen atoms in total. The van der Waals surface area contributed by atoms with Gasteiger partial charge in [-0.1, -0.05) is 16.4 Å². The molecule has 0 radical (unpaired) electrons. The number of amides is 1. The molecule has 0 aromatic carbocycles. The molecular weight excluding hydrogens is 359 g/mol. The van der Waals surface area contributed by atoms with E-state index in [1.54, 1.807) is 0 Å². The van der Waals surface area contributed by atoms with E-state index in [-0.39, 0.29) is 22.4 Å². The van der Waals surface area contributed by atoms with Crippen molar-refractivity contribution in [1.82, 2.24) is 10.3 Å². The monoisotopic (exact) mass is 372 g/mol. The first kappa shape index (κ1) is 18.7. The fraction of sp³-hybridized carbons (Fsp3) is 0.357. The van der Waals surface area contributed by atoms with E-state index in [1.807, 2.05) is 6.92 Å². The quantitative estimate of drug-likeness (QED) is 0.639. The van der Waals surface area contributed by atoms with Gasteiger partial charge in [-0.3, -0.25) is 14.6 Å². The van der Waals surface area contributed by atoms with Gasteiger partial charge in [-0.2, -0.15) is 18.4 Å². The number of pyridine rings is 1. The predicted octanol–water partition coefficient (Wildman–Crippen LogP) is 2.31. The maximum Gasteiger partial charge on any atom is 0.417 e. The Morgan fingerprint density at radius 1 is 1.52 bits per heavy atom. The molecule has 0 bridgehead atoms. The number of carbonyl (C=O) groups excluding carboxylic acids is 1. The van der Waals surface area contributed by atoms with Gasteiger partial charge in [0, 0.05) is 5.69 Å². The van der Waals surface area contributed by atoms with Gasteiger partial charge in [0.05, 0.1) is 16.9 Å². The molecule has 25 heavy (non-hydrogen) atoms. The Bertz CT molecular complexity index is 829. The first-order valence-electron chi connectivity index (χ1n) is 7.02. The molecule has 1 amide bonds. The summed E-state index contributed by atoms with van der Waals surface area (Å²) in [5.41, 5.74) is -1.56. The Hall–Kier alpha value is -2.61. The molecule has 2 aromatic rings. The maximum atomic E-state index is 13.0. The molecule has 11 heteroatoms. The Morgan fingerprint density at radius 3 is 2.80 bits per heavy atom. The van der Waals surface area contributed by atoms with Crippen LogP contribution in [0.15, 0.2) is 21.8 Å². The SMILES string of the molecule is CC[n+]1cc(NC(=O)CSc2nc(C)cc(C(F)(F)F)c2C#N)on1. The molecule has 0 saturated carbocycles. The summed E-state index contributed by atoms with van der Waals surface area (Å²) in [6, 6.07) is 2.32. The Labute approximate surface area is 144 Å². The number of anilines is 1. The van der Waals surface area contributed by atoms with Gasteiger partial charge in [0.25, 0.3) is 6.20 Å². The molecule has 0 fully saturated rings. The third-order valence-electron chi connectivity index (χ3n) is 2.97. The third kappa shape index (κ3) is 4.69. The van der Waals surface area contributed by atoms with Crippen molar-refractivity contribution in [2.24, 2.45) is 0 Å². The highest BCUT2D eigenvalue weighted by atomic mass is 32.2. The molecular formula is C14H13F3N5O2S+. The van der Waals surface area contributed by atoms with Crippen molar-refractivity contribution in [3.05, 3.63) is 29.1 Å². The molecule has 0 spiro atoms. The van der Waals surface area contributed by atoms with Crippen molar-refractivity contribution in [3.63, 3.8) is 0 Å². The smallest absolute Gasteiger partial charge is 0.288 e. The van der Waals surface area contributed by atoms with Crippen LogP contribution in [0.5, 0.6) is 0 Å². The molecule has 2 rings (SSSR count). The van der Waals surface area contributed by atoms with Crippen LogP contribution in [0.2, 0.25) is 0 Å². The lowest BCUT2D eigenvalue weighted by molar-refractivity contribution is -0.759. The van der Waals surface area contributed by atoms with E-state index in [4.69, 9.17) is 9.78 Å². The molecule has 0 atom stereocenters. The minimum atomic E-state index is -4.68. The number of nitriles is 1. The molecule has 2 heterocycles. The average molecular weight is 372 g/mol. The standard InChI is InChI=1S/C14H12F3N5O2S/c1-3-22-6-12(24-21-22)20-11(23)7-25-13-9(5-18)10(14(15,16)17)4-8(2)19-13/h4,6H,3,7H2,1-2H3/p+1. The van der Waals surface area contributed by atoms with Crippen molar-refractivity contribution >= 4 is 23.6 Å². The van der Waals surface area contributed by atoms with Crippen LogP contribution in [0.3, 0.4) is 0 Å². The maximum absolute atomic E-state index is 13.0. The Kier molecular flexibility index (Phi) is 5.63. The van der Waals surface area contributed by atoms with Crippen LogP contribution in [0.25, 0.3) is 0 Å². The summed E-state index contributed by atoms with van der Waals surface area (Å²) in [5, 5.41) is 15.0. The normalized spacial score (nSPS) is 11.2. The average Bonchev–Trinajstić information content (AvgIpc) is 2.99. The predicted molar refractivity (Wildman–Crippen MR) is 80.4 cm³/mol. The first-order valence-corrected chi connectivity index (χ1v) is 8.01. The lowest BCUT2D eigenvalue weighted by Crippen LogP contribution is -2.32. The van der Waals surface area contributed by atoms with Gasteiger partial charge < -0.3 is 0 Å². The van der Waals surface area contributed by atoms with E-state index in [0.717, 1.165) is 17.8 Å². The minimum Gasteiger partial charge on any atom is -0.288 e. The van der Waals surface area contributed by atoms with E-state index < -0.39 is 23.2 Å². The highest BCUT2D eigenvalue weighted by Gasteiger charge is 2.35. The zero-order valence-corrected chi connectivity index (χ0v) is 14.0. The number of nitrogens with one attached hydrogen (secondary N) is 1. The van der Waals surface area contributed by atoms with Crippen LogP contribution in [0, 0.1) is 18.3 Å². The number of alkyl halides is 3. The molecule has 0 aliphatic carbocycles. The van der Waals surface area contributed by atoms with Crippen molar-refractivity contribution in [2.75, 3.05) is 11.1 Å². The van der Waals surface area contributed by atoms with E-state index in [9.17, 15) is 18.0 Å². The molecule has 132 valence electrons. The topological polar surface area (TPSA) is 95.7 Å². The molecule has 0 unspecified atom stereocenters. The summed E-state index contributed by atoms with van der Waals surface area (Å²) in [4.78, 5) is 15.8. The van der Waals surface area contributed by atoms with Crippen molar-refractivity contribution in [1.29, 1.82) is 5.26 Å². The van der Waals surface area contributed by atoms with Gasteiger partial charge in [0.15, 0.2) is 6.54 Å². The fourth-order valence-electron chi connectivity index (χ4n) is 1.87. The van der Waals surface area contributed by atoms with E-state index in [1.165, 1.54) is 23.9 Å². The Morgan fingerprint density at radius 2 is 2.24 bits per heavy atom. The molecule has 0 aliphatic rings. The van der Waals surface area contributed by atoms with Crippen LogP contribution >= 0.6 is 11.8 Å². The number of aryl methyl sites for hydroxylation is 2. The van der Waals surface area contributed by atoms with Gasteiger partial charge in [0.1, 0.15) is 11.1 Å². The second-order valence-corrected chi connectivity index (χ2v) is 5.82. The summed E-state index contributed by atoms with van der Waals surface area (Å²) in [5.74, 6) is -0.652. The highest BCUT2D eigenvalue weighted by Crippen LogP contribution is 2.35. The van der Waals surface area contributed by atoms with Crippen molar-refractivity contribution < 1.29 is 27.2 Å². The summed E-state index contributed by atoms with van der Waals surface area (Å²) < 4.78 is 45.4. The van der Waals surface area contributed by atoms with Crippen LogP contribution in [0.4, 0.5) is 19.1 Å². The van der Waals surface area contributed by atoms with E-state index in [2.05, 4.69) is 15.6 Å². The van der Waals surface area contributed by atoms with Crippen molar-refractivity contribution in [2.45, 2.75) is 31.6 Å². The molecule has 0 saturated heterocycles. The van der Waals surface area contributed by atoms with Crippen molar-refractivity contribution in [3.8, 4) is 6.07 Å². The van der Waals surface area contributed by atoms with E-state index >= 15 is 0 Å². The molecule has 1 N–H and O–H groups in total. The van der Waals surface area contributed by atoms with Crippen LogP contribution in [0.1, 0.15) is 23.7 Å². The number of aromatic nitrogens is 3. The highest BCUT2D eigenvalue weighted by molar-refractivity contribution is 8.00. The van der Waals surface area contributed by atoms with Gasteiger partial charge >= 0.3 is 12.1 Å². The lowest BCUT2D eigenvalue weighted by atomic mass is 10.1.